The number of hydrogen-bond donors (Lipinski definition) is 0. The molecule has 0 aromatic rings. The summed E-state index contributed by atoms with van der Waals surface area (Å²) in [4.78, 5) is 11.1. The van der Waals surface area contributed by atoms with Crippen LogP contribution in [0.25, 0.3) is 0 Å². The van der Waals surface area contributed by atoms with Gasteiger partial charge < -0.3 is 9.47 Å². The first-order valence-electron chi connectivity index (χ1n) is 5.54. The number of rotatable bonds is 6. The number of hydrogen-bond acceptors (Lipinski definition) is 3. The molecule has 3 heteroatoms. The smallest absolute Gasteiger partial charge is 0.306 e. The normalized spacial score (nSPS) is 11.9. The fourth-order valence-corrected chi connectivity index (χ4v) is 0.985. The summed E-state index contributed by atoms with van der Waals surface area (Å²) in [5, 5.41) is 0. The fraction of sp³-hybridized carbons (Fsp3) is 0.917. The molecule has 0 radical (unpaired) electrons. The van der Waals surface area contributed by atoms with E-state index in [0.717, 1.165) is 0 Å². The molecule has 0 bridgehead atoms. The summed E-state index contributed by atoms with van der Waals surface area (Å²) < 4.78 is 10.4. The molecular weight excluding hydrogens is 192 g/mol. The van der Waals surface area contributed by atoms with Crippen molar-refractivity contribution in [2.75, 3.05) is 19.8 Å². The van der Waals surface area contributed by atoms with E-state index < -0.39 is 0 Å². The van der Waals surface area contributed by atoms with Gasteiger partial charge in [0.05, 0.1) is 13.2 Å². The van der Waals surface area contributed by atoms with Gasteiger partial charge >= 0.3 is 5.97 Å². The highest BCUT2D eigenvalue weighted by molar-refractivity contribution is 5.69. The maximum absolute atomic E-state index is 11.1. The minimum absolute atomic E-state index is 0.135. The van der Waals surface area contributed by atoms with Gasteiger partial charge in [0.1, 0.15) is 6.61 Å². The van der Waals surface area contributed by atoms with Crippen molar-refractivity contribution in [2.45, 2.75) is 41.0 Å². The van der Waals surface area contributed by atoms with Crippen LogP contribution in [-0.4, -0.2) is 25.8 Å². The van der Waals surface area contributed by atoms with Crippen molar-refractivity contribution in [3.8, 4) is 0 Å². The summed E-state index contributed by atoms with van der Waals surface area (Å²) in [6, 6.07) is 0. The SMILES string of the molecule is CC(C)CC(=O)OCCOCC(C)(C)C. The van der Waals surface area contributed by atoms with Crippen molar-refractivity contribution in [3.05, 3.63) is 0 Å². The molecule has 0 aromatic heterocycles. The maximum Gasteiger partial charge on any atom is 0.306 e. The maximum atomic E-state index is 11.1. The molecule has 0 N–H and O–H groups in total. The summed E-state index contributed by atoms with van der Waals surface area (Å²) in [6.07, 6.45) is 0.485. The molecule has 3 nitrogen and oxygen atoms in total. The zero-order valence-corrected chi connectivity index (χ0v) is 10.6. The van der Waals surface area contributed by atoms with E-state index in [-0.39, 0.29) is 11.4 Å². The summed E-state index contributed by atoms with van der Waals surface area (Å²) in [7, 11) is 0. The number of esters is 1. The third-order valence-electron chi connectivity index (χ3n) is 1.60. The Morgan fingerprint density at radius 3 is 2.27 bits per heavy atom. The quantitative estimate of drug-likeness (QED) is 0.506. The molecule has 0 saturated carbocycles. The molecule has 0 aliphatic rings. The minimum Gasteiger partial charge on any atom is -0.463 e. The van der Waals surface area contributed by atoms with Gasteiger partial charge in [0.25, 0.3) is 0 Å². The molecule has 90 valence electrons. The zero-order chi connectivity index (χ0) is 11.9. The highest BCUT2D eigenvalue weighted by atomic mass is 16.6. The first-order chi connectivity index (χ1) is 6.81. The Bertz CT molecular complexity index is 180. The monoisotopic (exact) mass is 216 g/mol. The van der Waals surface area contributed by atoms with Crippen molar-refractivity contribution in [1.82, 2.24) is 0 Å². The first kappa shape index (κ1) is 14.4. The van der Waals surface area contributed by atoms with Crippen LogP contribution in [0.15, 0.2) is 0 Å². The van der Waals surface area contributed by atoms with Crippen LogP contribution in [0.1, 0.15) is 41.0 Å². The molecule has 0 fully saturated rings. The molecule has 0 rings (SSSR count). The highest BCUT2D eigenvalue weighted by Gasteiger charge is 2.10. The molecular formula is C12H24O3. The van der Waals surface area contributed by atoms with Crippen molar-refractivity contribution in [1.29, 1.82) is 0 Å². The van der Waals surface area contributed by atoms with Crippen LogP contribution in [0.3, 0.4) is 0 Å². The van der Waals surface area contributed by atoms with E-state index >= 15 is 0 Å². The predicted octanol–water partition coefficient (Wildman–Crippen LogP) is 2.64. The van der Waals surface area contributed by atoms with E-state index in [1.54, 1.807) is 0 Å². The topological polar surface area (TPSA) is 35.5 Å². The lowest BCUT2D eigenvalue weighted by molar-refractivity contribution is -0.146. The van der Waals surface area contributed by atoms with E-state index in [9.17, 15) is 4.79 Å². The zero-order valence-electron chi connectivity index (χ0n) is 10.6. The third kappa shape index (κ3) is 11.4. The first-order valence-corrected chi connectivity index (χ1v) is 5.54. The second-order valence-corrected chi connectivity index (χ2v) is 5.43. The van der Waals surface area contributed by atoms with Gasteiger partial charge in [-0.05, 0) is 11.3 Å². The highest BCUT2D eigenvalue weighted by Crippen LogP contribution is 2.12. The lowest BCUT2D eigenvalue weighted by Gasteiger charge is -2.17. The Balaban J connectivity index is 3.35. The molecule has 0 aromatic carbocycles. The summed E-state index contributed by atoms with van der Waals surface area (Å²) in [6.45, 7) is 11.9. The Morgan fingerprint density at radius 1 is 1.20 bits per heavy atom. The lowest BCUT2D eigenvalue weighted by Crippen LogP contribution is -2.18. The van der Waals surface area contributed by atoms with Gasteiger partial charge in [0.15, 0.2) is 0 Å². The standard InChI is InChI=1S/C12H24O3/c1-10(2)8-11(13)15-7-6-14-9-12(3,4)5/h10H,6-9H2,1-5H3. The predicted molar refractivity (Wildman–Crippen MR) is 60.7 cm³/mol. The van der Waals surface area contributed by atoms with Crippen LogP contribution in [0.4, 0.5) is 0 Å². The van der Waals surface area contributed by atoms with E-state index in [2.05, 4.69) is 20.8 Å². The number of carbonyl (C=O) groups excluding carboxylic acids is 1. The molecule has 0 unspecified atom stereocenters. The second kappa shape index (κ2) is 6.83. The Kier molecular flexibility index (Phi) is 6.57. The third-order valence-corrected chi connectivity index (χ3v) is 1.60. The second-order valence-electron chi connectivity index (χ2n) is 5.43. The summed E-state index contributed by atoms with van der Waals surface area (Å²) in [5.41, 5.74) is 0.169. The molecule has 0 heterocycles. The van der Waals surface area contributed by atoms with Gasteiger partial charge in [0, 0.05) is 6.42 Å². The van der Waals surface area contributed by atoms with Gasteiger partial charge in [0.2, 0.25) is 0 Å². The van der Waals surface area contributed by atoms with Crippen molar-refractivity contribution in [2.24, 2.45) is 11.3 Å². The van der Waals surface area contributed by atoms with Gasteiger partial charge in [-0.2, -0.15) is 0 Å². The molecule has 0 amide bonds. The lowest BCUT2D eigenvalue weighted by atomic mass is 9.99. The molecule has 0 atom stereocenters. The van der Waals surface area contributed by atoms with E-state index in [4.69, 9.17) is 9.47 Å². The van der Waals surface area contributed by atoms with Crippen LogP contribution < -0.4 is 0 Å². The molecule has 0 aliphatic carbocycles. The summed E-state index contributed by atoms with van der Waals surface area (Å²) in [5.74, 6) is 0.220. The fourth-order valence-electron chi connectivity index (χ4n) is 0.985. The van der Waals surface area contributed by atoms with Crippen molar-refractivity contribution >= 4 is 5.97 Å². The number of carbonyl (C=O) groups is 1. The minimum atomic E-state index is -0.135. The van der Waals surface area contributed by atoms with Gasteiger partial charge in [-0.1, -0.05) is 34.6 Å². The van der Waals surface area contributed by atoms with Gasteiger partial charge in [-0.25, -0.2) is 0 Å². The van der Waals surface area contributed by atoms with Crippen LogP contribution in [0, 0.1) is 11.3 Å². The van der Waals surface area contributed by atoms with Crippen LogP contribution in [0.2, 0.25) is 0 Å². The van der Waals surface area contributed by atoms with E-state index in [0.29, 0.717) is 32.2 Å². The Hall–Kier alpha value is -0.570. The van der Waals surface area contributed by atoms with E-state index in [1.165, 1.54) is 0 Å². The average Bonchev–Trinajstić information content (AvgIpc) is 1.99. The number of ether oxygens (including phenoxy) is 2. The Morgan fingerprint density at radius 2 is 1.80 bits per heavy atom. The largest absolute Gasteiger partial charge is 0.463 e. The molecule has 15 heavy (non-hydrogen) atoms. The van der Waals surface area contributed by atoms with Crippen molar-refractivity contribution in [3.63, 3.8) is 0 Å². The van der Waals surface area contributed by atoms with Crippen LogP contribution in [-0.2, 0) is 14.3 Å². The van der Waals surface area contributed by atoms with Crippen molar-refractivity contribution < 1.29 is 14.3 Å². The molecule has 0 aliphatic heterocycles. The van der Waals surface area contributed by atoms with E-state index in [1.807, 2.05) is 13.8 Å². The Labute approximate surface area is 93.1 Å². The van der Waals surface area contributed by atoms with Crippen LogP contribution >= 0.6 is 0 Å². The average molecular weight is 216 g/mol. The molecule has 0 saturated heterocycles. The van der Waals surface area contributed by atoms with Crippen LogP contribution in [0.5, 0.6) is 0 Å². The van der Waals surface area contributed by atoms with Gasteiger partial charge in [-0.15, -0.1) is 0 Å². The summed E-state index contributed by atoms with van der Waals surface area (Å²) >= 11 is 0. The van der Waals surface area contributed by atoms with Gasteiger partial charge in [-0.3, -0.25) is 4.79 Å². The molecule has 0 spiro atoms.